The number of phenols is 1. The predicted molar refractivity (Wildman–Crippen MR) is 65.8 cm³/mol. The summed E-state index contributed by atoms with van der Waals surface area (Å²) in [6.07, 6.45) is 1.56. The van der Waals surface area contributed by atoms with E-state index in [4.69, 9.17) is 5.73 Å². The van der Waals surface area contributed by atoms with Crippen molar-refractivity contribution in [3.05, 3.63) is 29.3 Å². The van der Waals surface area contributed by atoms with E-state index in [9.17, 15) is 10.2 Å². The monoisotopic (exact) mass is 243 g/mol. The molecule has 1 aromatic carbocycles. The maximum absolute atomic E-state index is 9.89. The van der Waals surface area contributed by atoms with Crippen LogP contribution in [0.4, 0.5) is 0 Å². The number of rotatable bonds is 3. The van der Waals surface area contributed by atoms with Gasteiger partial charge in [-0.3, -0.25) is 0 Å². The molecule has 90 valence electrons. The van der Waals surface area contributed by atoms with E-state index in [1.54, 1.807) is 6.07 Å². The van der Waals surface area contributed by atoms with E-state index in [-0.39, 0.29) is 18.2 Å². The summed E-state index contributed by atoms with van der Waals surface area (Å²) in [5.74, 6) is 0.532. The van der Waals surface area contributed by atoms with E-state index in [0.29, 0.717) is 11.5 Å². The van der Waals surface area contributed by atoms with E-state index in [0.717, 1.165) is 18.4 Å². The summed E-state index contributed by atoms with van der Waals surface area (Å²) in [5.41, 5.74) is 7.38. The lowest BCUT2D eigenvalue weighted by Crippen LogP contribution is -2.28. The molecular formula is C12H18ClNO2. The summed E-state index contributed by atoms with van der Waals surface area (Å²) in [4.78, 5) is 0. The van der Waals surface area contributed by atoms with Gasteiger partial charge >= 0.3 is 0 Å². The maximum Gasteiger partial charge on any atom is 0.123 e. The van der Waals surface area contributed by atoms with E-state index >= 15 is 0 Å². The van der Waals surface area contributed by atoms with Crippen molar-refractivity contribution in [3.8, 4) is 5.75 Å². The van der Waals surface area contributed by atoms with E-state index in [2.05, 4.69) is 0 Å². The third-order valence-corrected chi connectivity index (χ3v) is 3.10. The van der Waals surface area contributed by atoms with Crippen molar-refractivity contribution in [1.29, 1.82) is 0 Å². The SMILES string of the molecule is Cc1cccc([C@@H](N)[C@@H](O)C2CC2)c1O.Cl. The van der Waals surface area contributed by atoms with Crippen LogP contribution in [-0.2, 0) is 0 Å². The highest BCUT2D eigenvalue weighted by molar-refractivity contribution is 5.85. The molecular weight excluding hydrogens is 226 g/mol. The number of phenolic OH excluding ortho intramolecular Hbond substituents is 1. The lowest BCUT2D eigenvalue weighted by Gasteiger charge is -2.20. The molecule has 16 heavy (non-hydrogen) atoms. The second kappa shape index (κ2) is 5.04. The third kappa shape index (κ3) is 2.48. The van der Waals surface area contributed by atoms with Crippen LogP contribution in [0.25, 0.3) is 0 Å². The van der Waals surface area contributed by atoms with Gasteiger partial charge in [-0.15, -0.1) is 12.4 Å². The molecule has 4 heteroatoms. The van der Waals surface area contributed by atoms with Crippen LogP contribution < -0.4 is 5.73 Å². The molecule has 0 aromatic heterocycles. The highest BCUT2D eigenvalue weighted by atomic mass is 35.5. The summed E-state index contributed by atoms with van der Waals surface area (Å²) in [7, 11) is 0. The maximum atomic E-state index is 9.89. The smallest absolute Gasteiger partial charge is 0.123 e. The molecule has 0 spiro atoms. The Labute approximate surface area is 102 Å². The first kappa shape index (κ1) is 13.3. The van der Waals surface area contributed by atoms with Crippen molar-refractivity contribution < 1.29 is 10.2 Å². The molecule has 0 bridgehead atoms. The topological polar surface area (TPSA) is 66.5 Å². The molecule has 0 heterocycles. The highest BCUT2D eigenvalue weighted by Crippen LogP contribution is 2.39. The van der Waals surface area contributed by atoms with Crippen LogP contribution in [-0.4, -0.2) is 16.3 Å². The molecule has 2 atom stereocenters. The van der Waals surface area contributed by atoms with E-state index < -0.39 is 12.1 Å². The number of benzene rings is 1. The first-order chi connectivity index (χ1) is 7.11. The minimum atomic E-state index is -0.530. The van der Waals surface area contributed by atoms with Gasteiger partial charge in [0.05, 0.1) is 12.1 Å². The Hall–Kier alpha value is -0.770. The Bertz CT molecular complexity index is 366. The van der Waals surface area contributed by atoms with Gasteiger partial charge in [0.15, 0.2) is 0 Å². The summed E-state index contributed by atoms with van der Waals surface area (Å²) in [6, 6.07) is 4.98. The van der Waals surface area contributed by atoms with Gasteiger partial charge in [0, 0.05) is 5.56 Å². The normalized spacial score (nSPS) is 18.7. The predicted octanol–water partition coefficient (Wildman–Crippen LogP) is 1.89. The summed E-state index contributed by atoms with van der Waals surface area (Å²) in [6.45, 7) is 1.83. The van der Waals surface area contributed by atoms with Crippen molar-refractivity contribution in [2.45, 2.75) is 31.9 Å². The molecule has 0 radical (unpaired) electrons. The van der Waals surface area contributed by atoms with Gasteiger partial charge in [0.25, 0.3) is 0 Å². The Morgan fingerprint density at radius 2 is 2.00 bits per heavy atom. The molecule has 0 saturated heterocycles. The van der Waals surface area contributed by atoms with Crippen molar-refractivity contribution >= 4 is 12.4 Å². The summed E-state index contributed by atoms with van der Waals surface area (Å²) < 4.78 is 0. The van der Waals surface area contributed by atoms with Gasteiger partial charge in [-0.05, 0) is 31.2 Å². The molecule has 1 aromatic rings. The van der Waals surface area contributed by atoms with Gasteiger partial charge in [-0.1, -0.05) is 18.2 Å². The number of aliphatic hydroxyl groups excluding tert-OH is 1. The van der Waals surface area contributed by atoms with Gasteiger partial charge < -0.3 is 15.9 Å². The fourth-order valence-electron chi connectivity index (χ4n) is 1.87. The van der Waals surface area contributed by atoms with Crippen LogP contribution >= 0.6 is 12.4 Å². The first-order valence-electron chi connectivity index (χ1n) is 5.33. The summed E-state index contributed by atoms with van der Waals surface area (Å²) >= 11 is 0. The van der Waals surface area contributed by atoms with Gasteiger partial charge in [0.1, 0.15) is 5.75 Å². The quantitative estimate of drug-likeness (QED) is 0.760. The number of aliphatic hydroxyl groups is 1. The zero-order valence-corrected chi connectivity index (χ0v) is 10.1. The molecule has 1 saturated carbocycles. The third-order valence-electron chi connectivity index (χ3n) is 3.10. The number of aromatic hydroxyl groups is 1. The van der Waals surface area contributed by atoms with Crippen molar-refractivity contribution in [2.75, 3.05) is 0 Å². The van der Waals surface area contributed by atoms with Crippen LogP contribution in [0.5, 0.6) is 5.75 Å². The number of aryl methyl sites for hydroxylation is 1. The van der Waals surface area contributed by atoms with Crippen LogP contribution in [0, 0.1) is 12.8 Å². The molecule has 0 unspecified atom stereocenters. The van der Waals surface area contributed by atoms with Crippen molar-refractivity contribution in [3.63, 3.8) is 0 Å². The minimum absolute atomic E-state index is 0. The Kier molecular flexibility index (Phi) is 4.19. The number of hydrogen-bond donors (Lipinski definition) is 3. The van der Waals surface area contributed by atoms with Crippen molar-refractivity contribution in [1.82, 2.24) is 0 Å². The standard InChI is InChI=1S/C12H17NO2.ClH/c1-7-3-2-4-9(11(7)14)10(13)12(15)8-5-6-8;/h2-4,8,10,12,14-15H,5-6,13H2,1H3;1H/t10-,12+;/m1./s1. The number of para-hydroxylation sites is 1. The average Bonchev–Trinajstić information content (AvgIpc) is 3.03. The van der Waals surface area contributed by atoms with Gasteiger partial charge in [-0.25, -0.2) is 0 Å². The Balaban J connectivity index is 0.00000128. The number of hydrogen-bond acceptors (Lipinski definition) is 3. The second-order valence-corrected chi connectivity index (χ2v) is 4.37. The molecule has 1 aliphatic rings. The lowest BCUT2D eigenvalue weighted by atomic mass is 9.96. The Morgan fingerprint density at radius 3 is 2.56 bits per heavy atom. The van der Waals surface area contributed by atoms with E-state index in [1.165, 1.54) is 0 Å². The largest absolute Gasteiger partial charge is 0.507 e. The molecule has 4 N–H and O–H groups in total. The second-order valence-electron chi connectivity index (χ2n) is 4.37. The molecule has 3 nitrogen and oxygen atoms in total. The Morgan fingerprint density at radius 1 is 1.38 bits per heavy atom. The number of halogens is 1. The van der Waals surface area contributed by atoms with Gasteiger partial charge in [0.2, 0.25) is 0 Å². The van der Waals surface area contributed by atoms with Gasteiger partial charge in [-0.2, -0.15) is 0 Å². The zero-order valence-electron chi connectivity index (χ0n) is 9.26. The fourth-order valence-corrected chi connectivity index (χ4v) is 1.87. The molecule has 2 rings (SSSR count). The van der Waals surface area contributed by atoms with Crippen LogP contribution in [0.2, 0.25) is 0 Å². The number of nitrogens with two attached hydrogens (primary N) is 1. The van der Waals surface area contributed by atoms with Crippen LogP contribution in [0.3, 0.4) is 0 Å². The first-order valence-corrected chi connectivity index (χ1v) is 5.33. The fraction of sp³-hybridized carbons (Fsp3) is 0.500. The molecule has 0 aliphatic heterocycles. The van der Waals surface area contributed by atoms with Crippen molar-refractivity contribution in [2.24, 2.45) is 11.7 Å². The highest BCUT2D eigenvalue weighted by Gasteiger charge is 2.35. The summed E-state index contributed by atoms with van der Waals surface area (Å²) in [5, 5.41) is 19.7. The zero-order chi connectivity index (χ0) is 11.0. The lowest BCUT2D eigenvalue weighted by molar-refractivity contribution is 0.121. The van der Waals surface area contributed by atoms with E-state index in [1.807, 2.05) is 19.1 Å². The molecule has 1 fully saturated rings. The molecule has 0 amide bonds. The minimum Gasteiger partial charge on any atom is -0.507 e. The molecule has 1 aliphatic carbocycles. The average molecular weight is 244 g/mol. The van der Waals surface area contributed by atoms with Crippen LogP contribution in [0.15, 0.2) is 18.2 Å². The van der Waals surface area contributed by atoms with Crippen LogP contribution in [0.1, 0.15) is 30.0 Å².